The summed E-state index contributed by atoms with van der Waals surface area (Å²) in [5.74, 6) is 0.496. The highest BCUT2D eigenvalue weighted by atomic mass is 15.0. The lowest BCUT2D eigenvalue weighted by Crippen LogP contribution is -1.99. The summed E-state index contributed by atoms with van der Waals surface area (Å²) < 4.78 is 2.15. The average molecular weight is 175 g/mol. The topological polar surface area (TPSA) is 30.2 Å². The van der Waals surface area contributed by atoms with Gasteiger partial charge in [-0.1, -0.05) is 13.8 Å². The quantitative estimate of drug-likeness (QED) is 0.664. The van der Waals surface area contributed by atoms with Crippen molar-refractivity contribution >= 4 is 5.65 Å². The zero-order valence-electron chi connectivity index (χ0n) is 8.15. The first-order valence-corrected chi connectivity index (χ1v) is 4.48. The minimum atomic E-state index is 0.496. The number of imidazole rings is 1. The second-order valence-electron chi connectivity index (χ2n) is 3.58. The van der Waals surface area contributed by atoms with Crippen molar-refractivity contribution in [3.05, 3.63) is 30.0 Å². The highest BCUT2D eigenvalue weighted by molar-refractivity contribution is 5.39. The van der Waals surface area contributed by atoms with Crippen molar-refractivity contribution in [2.24, 2.45) is 0 Å². The van der Waals surface area contributed by atoms with Gasteiger partial charge in [-0.05, 0) is 12.8 Å². The van der Waals surface area contributed by atoms with E-state index in [1.807, 2.05) is 19.3 Å². The van der Waals surface area contributed by atoms with Gasteiger partial charge in [0.2, 0.25) is 0 Å². The Hall–Kier alpha value is -1.38. The molecule has 0 amide bonds. The van der Waals surface area contributed by atoms with E-state index in [0.29, 0.717) is 5.92 Å². The number of aromatic nitrogens is 3. The molecule has 2 heterocycles. The fraction of sp³-hybridized carbons (Fsp3) is 0.400. The summed E-state index contributed by atoms with van der Waals surface area (Å²) in [7, 11) is 0. The second kappa shape index (κ2) is 2.83. The highest BCUT2D eigenvalue weighted by Gasteiger charge is 2.07. The maximum Gasteiger partial charge on any atom is 0.155 e. The van der Waals surface area contributed by atoms with E-state index in [1.54, 1.807) is 6.20 Å². The lowest BCUT2D eigenvalue weighted by atomic mass is 10.1. The molecule has 0 atom stereocenters. The first-order chi connectivity index (χ1) is 6.20. The number of nitrogens with zero attached hydrogens (tertiary/aromatic N) is 3. The molecule has 2 rings (SSSR count). The normalized spacial score (nSPS) is 11.4. The first kappa shape index (κ1) is 8.23. The van der Waals surface area contributed by atoms with Gasteiger partial charge < -0.3 is 0 Å². The van der Waals surface area contributed by atoms with Gasteiger partial charge in [-0.3, -0.25) is 9.38 Å². The van der Waals surface area contributed by atoms with E-state index >= 15 is 0 Å². The number of aryl methyl sites for hydroxylation is 1. The lowest BCUT2D eigenvalue weighted by molar-refractivity contribution is 0.796. The molecular formula is C10H13N3. The molecule has 0 bridgehead atoms. The third-order valence-electron chi connectivity index (χ3n) is 2.21. The number of rotatable bonds is 1. The fourth-order valence-electron chi connectivity index (χ4n) is 1.53. The molecule has 0 unspecified atom stereocenters. The Morgan fingerprint density at radius 3 is 2.69 bits per heavy atom. The Kier molecular flexibility index (Phi) is 1.79. The van der Waals surface area contributed by atoms with Gasteiger partial charge in [0, 0.05) is 23.8 Å². The van der Waals surface area contributed by atoms with Crippen LogP contribution < -0.4 is 0 Å². The summed E-state index contributed by atoms with van der Waals surface area (Å²) >= 11 is 0. The fourth-order valence-corrected chi connectivity index (χ4v) is 1.53. The zero-order valence-corrected chi connectivity index (χ0v) is 8.15. The molecule has 0 aliphatic carbocycles. The van der Waals surface area contributed by atoms with Gasteiger partial charge in [0.05, 0.1) is 6.20 Å². The van der Waals surface area contributed by atoms with Crippen molar-refractivity contribution in [3.8, 4) is 0 Å². The van der Waals surface area contributed by atoms with E-state index < -0.39 is 0 Å². The molecular weight excluding hydrogens is 162 g/mol. The molecule has 3 heteroatoms. The number of hydrogen-bond acceptors (Lipinski definition) is 2. The van der Waals surface area contributed by atoms with Crippen LogP contribution in [0.5, 0.6) is 0 Å². The van der Waals surface area contributed by atoms with E-state index in [0.717, 1.165) is 11.3 Å². The van der Waals surface area contributed by atoms with Crippen LogP contribution in [0.1, 0.15) is 31.2 Å². The Bertz CT molecular complexity index is 429. The van der Waals surface area contributed by atoms with Crippen LogP contribution in [0.2, 0.25) is 0 Å². The van der Waals surface area contributed by atoms with Gasteiger partial charge in [-0.2, -0.15) is 0 Å². The van der Waals surface area contributed by atoms with Crippen LogP contribution >= 0.6 is 0 Å². The van der Waals surface area contributed by atoms with Gasteiger partial charge >= 0.3 is 0 Å². The molecule has 0 aliphatic heterocycles. The average Bonchev–Trinajstić information content (AvgIpc) is 2.49. The van der Waals surface area contributed by atoms with Gasteiger partial charge in [0.15, 0.2) is 5.65 Å². The van der Waals surface area contributed by atoms with Crippen molar-refractivity contribution in [3.63, 3.8) is 0 Å². The minimum Gasteiger partial charge on any atom is -0.298 e. The Morgan fingerprint density at radius 2 is 2.00 bits per heavy atom. The van der Waals surface area contributed by atoms with E-state index in [-0.39, 0.29) is 0 Å². The molecule has 2 aromatic heterocycles. The van der Waals surface area contributed by atoms with Gasteiger partial charge in [-0.25, -0.2) is 4.98 Å². The van der Waals surface area contributed by atoms with Crippen LogP contribution in [0.15, 0.2) is 18.6 Å². The Labute approximate surface area is 77.4 Å². The molecule has 0 saturated heterocycles. The van der Waals surface area contributed by atoms with Gasteiger partial charge in [0.25, 0.3) is 0 Å². The van der Waals surface area contributed by atoms with Crippen molar-refractivity contribution < 1.29 is 0 Å². The molecule has 0 N–H and O–H groups in total. The third-order valence-corrected chi connectivity index (χ3v) is 2.21. The van der Waals surface area contributed by atoms with Crippen LogP contribution in [0, 0.1) is 6.92 Å². The molecule has 13 heavy (non-hydrogen) atoms. The number of hydrogen-bond donors (Lipinski definition) is 0. The predicted molar refractivity (Wildman–Crippen MR) is 51.8 cm³/mol. The van der Waals surface area contributed by atoms with Gasteiger partial charge in [0.1, 0.15) is 0 Å². The highest BCUT2D eigenvalue weighted by Crippen LogP contribution is 2.16. The zero-order chi connectivity index (χ0) is 9.42. The predicted octanol–water partition coefficient (Wildman–Crippen LogP) is 2.16. The Morgan fingerprint density at radius 1 is 1.23 bits per heavy atom. The van der Waals surface area contributed by atoms with Gasteiger partial charge in [-0.15, -0.1) is 0 Å². The third kappa shape index (κ3) is 1.20. The summed E-state index contributed by atoms with van der Waals surface area (Å²) in [4.78, 5) is 8.40. The lowest BCUT2D eigenvalue weighted by Gasteiger charge is -2.06. The monoisotopic (exact) mass is 175 g/mol. The van der Waals surface area contributed by atoms with Crippen molar-refractivity contribution in [2.45, 2.75) is 26.7 Å². The minimum absolute atomic E-state index is 0.496. The molecule has 0 fully saturated rings. The van der Waals surface area contributed by atoms with Crippen molar-refractivity contribution in [1.29, 1.82) is 0 Å². The van der Waals surface area contributed by atoms with Crippen molar-refractivity contribution in [2.75, 3.05) is 0 Å². The SMILES string of the molecule is Cc1cncc2ncc(C(C)C)n12. The maximum atomic E-state index is 4.30. The summed E-state index contributed by atoms with van der Waals surface area (Å²) in [5, 5.41) is 0. The van der Waals surface area contributed by atoms with Crippen LogP contribution in [0.4, 0.5) is 0 Å². The smallest absolute Gasteiger partial charge is 0.155 e. The summed E-state index contributed by atoms with van der Waals surface area (Å²) in [6.07, 6.45) is 5.58. The summed E-state index contributed by atoms with van der Waals surface area (Å²) in [5.41, 5.74) is 3.32. The molecule has 0 radical (unpaired) electrons. The largest absolute Gasteiger partial charge is 0.298 e. The maximum absolute atomic E-state index is 4.30. The Balaban J connectivity index is 2.79. The van der Waals surface area contributed by atoms with E-state index in [9.17, 15) is 0 Å². The molecule has 0 aromatic carbocycles. The number of fused-ring (bicyclic) bond motifs is 1. The summed E-state index contributed by atoms with van der Waals surface area (Å²) in [6.45, 7) is 6.39. The van der Waals surface area contributed by atoms with E-state index in [2.05, 4.69) is 28.2 Å². The molecule has 3 nitrogen and oxygen atoms in total. The molecule has 0 spiro atoms. The van der Waals surface area contributed by atoms with Crippen LogP contribution in [0.25, 0.3) is 5.65 Å². The molecule has 68 valence electrons. The molecule has 2 aromatic rings. The molecule has 0 saturated carbocycles. The second-order valence-corrected chi connectivity index (χ2v) is 3.58. The van der Waals surface area contributed by atoms with Crippen molar-refractivity contribution in [1.82, 2.24) is 14.4 Å². The molecule has 0 aliphatic rings. The standard InChI is InChI=1S/C10H13N3/c1-7(2)9-5-12-10-6-11-4-8(3)13(9)10/h4-7H,1-3H3. The van der Waals surface area contributed by atoms with Crippen LogP contribution in [-0.4, -0.2) is 14.4 Å². The van der Waals surface area contributed by atoms with E-state index in [4.69, 9.17) is 0 Å². The van der Waals surface area contributed by atoms with E-state index in [1.165, 1.54) is 5.69 Å². The first-order valence-electron chi connectivity index (χ1n) is 4.48. The van der Waals surface area contributed by atoms with Crippen LogP contribution in [-0.2, 0) is 0 Å². The summed E-state index contributed by atoms with van der Waals surface area (Å²) in [6, 6.07) is 0. The van der Waals surface area contributed by atoms with Crippen LogP contribution in [0.3, 0.4) is 0 Å².